The van der Waals surface area contributed by atoms with Gasteiger partial charge in [-0.25, -0.2) is 9.78 Å². The average Bonchev–Trinajstić information content (AvgIpc) is 3.58. The van der Waals surface area contributed by atoms with Gasteiger partial charge < -0.3 is 30.3 Å². The maximum absolute atomic E-state index is 14.0. The minimum atomic E-state index is -0.828. The van der Waals surface area contributed by atoms with Gasteiger partial charge in [-0.1, -0.05) is 47.0 Å². The predicted molar refractivity (Wildman–Crippen MR) is 155 cm³/mol. The number of alkyl carbamates (subject to hydrolysis) is 1. The first-order chi connectivity index (χ1) is 20.0. The van der Waals surface area contributed by atoms with Gasteiger partial charge in [-0.15, -0.1) is 0 Å². The Bertz CT molecular complexity index is 1170. The molecule has 230 valence electrons. The molecule has 1 saturated carbocycles. The van der Waals surface area contributed by atoms with Gasteiger partial charge in [0.15, 0.2) is 11.6 Å². The van der Waals surface area contributed by atoms with Gasteiger partial charge in [0.1, 0.15) is 18.6 Å². The van der Waals surface area contributed by atoms with Crippen molar-refractivity contribution in [3.05, 3.63) is 18.3 Å². The maximum atomic E-state index is 14.0. The number of amides is 4. The second-order valence-electron chi connectivity index (χ2n) is 11.9. The highest BCUT2D eigenvalue weighted by Crippen LogP contribution is 2.46. The number of nitrogens with one attached hydrogen (secondary N) is 2. The third kappa shape index (κ3) is 7.69. The van der Waals surface area contributed by atoms with Crippen LogP contribution >= 0.6 is 0 Å². The van der Waals surface area contributed by atoms with Crippen LogP contribution in [0.4, 0.5) is 10.6 Å². The van der Waals surface area contributed by atoms with Crippen LogP contribution in [0.1, 0.15) is 59.8 Å². The molecule has 2 saturated heterocycles. The zero-order valence-corrected chi connectivity index (χ0v) is 25.2. The van der Waals surface area contributed by atoms with Crippen LogP contribution in [0.2, 0.25) is 0 Å². The van der Waals surface area contributed by atoms with Gasteiger partial charge in [-0.3, -0.25) is 14.4 Å². The van der Waals surface area contributed by atoms with Crippen LogP contribution in [0, 0.1) is 40.9 Å². The Kier molecular flexibility index (Phi) is 11.5. The van der Waals surface area contributed by atoms with E-state index in [-0.39, 0.29) is 54.7 Å². The minimum Gasteiger partial charge on any atom is -0.504 e. The number of carbonyl (C=O) groups excluding carboxylic acids is 4. The number of ether oxygens (including phenoxy) is 1. The Morgan fingerprint density at radius 2 is 1.88 bits per heavy atom. The third-order valence-electron chi connectivity index (χ3n) is 8.22. The van der Waals surface area contributed by atoms with Crippen LogP contribution in [0.25, 0.3) is 0 Å². The molecule has 4 rings (SSSR count). The van der Waals surface area contributed by atoms with E-state index < -0.39 is 30.0 Å². The lowest BCUT2D eigenvalue weighted by Gasteiger charge is -2.36. The number of aromatic hydroxyl groups is 1. The molecular formula is C30H44N6O6. The normalized spacial score (nSPS) is 26.4. The van der Waals surface area contributed by atoms with E-state index in [9.17, 15) is 29.5 Å². The maximum Gasteiger partial charge on any atom is 0.407 e. The van der Waals surface area contributed by atoms with E-state index in [4.69, 9.17) is 0 Å². The van der Waals surface area contributed by atoms with E-state index in [0.29, 0.717) is 12.5 Å². The number of carbonyl (C=O) groups is 4. The summed E-state index contributed by atoms with van der Waals surface area (Å²) in [6.07, 6.45) is 4.56. The Morgan fingerprint density at radius 3 is 2.50 bits per heavy atom. The van der Waals surface area contributed by atoms with Crippen molar-refractivity contribution in [1.29, 1.82) is 5.26 Å². The molecular weight excluding hydrogens is 540 g/mol. The second-order valence-corrected chi connectivity index (χ2v) is 11.9. The van der Waals surface area contributed by atoms with Gasteiger partial charge in [0.25, 0.3) is 0 Å². The van der Waals surface area contributed by atoms with Crippen molar-refractivity contribution in [3.63, 3.8) is 0 Å². The van der Waals surface area contributed by atoms with Gasteiger partial charge >= 0.3 is 6.09 Å². The van der Waals surface area contributed by atoms with Crippen LogP contribution in [0.15, 0.2) is 18.3 Å². The highest BCUT2D eigenvalue weighted by atomic mass is 16.5. The molecule has 1 aromatic rings. The van der Waals surface area contributed by atoms with Crippen molar-refractivity contribution in [2.24, 2.45) is 29.6 Å². The third-order valence-corrected chi connectivity index (χ3v) is 8.22. The lowest BCUT2D eigenvalue weighted by molar-refractivity contribution is -0.145. The standard InChI is InChI=1S/C26H34N6O6.C4H10/c1-3-15-6-4-7-18-19(15)14-32(21(34)12-29-26(37)38-2)22(18)25(36)31-13-16(10-17(31)11-27)24(35)30-23-20(33)8-5-9-28-23;1-4(2)3/h5,8-9,15-19,22,33H,3-4,6-7,10,12-14H2,1-2H3,(H,29,37)(H,28,30,35);4H,1-3H3/t15-,16?,17?,18?,19?,22-;/m0./s1. The van der Waals surface area contributed by atoms with Crippen LogP contribution in [-0.2, 0) is 19.1 Å². The van der Waals surface area contributed by atoms with E-state index in [0.717, 1.165) is 31.6 Å². The number of hydrogen-bond donors (Lipinski definition) is 3. The fourth-order valence-corrected chi connectivity index (χ4v) is 6.32. The van der Waals surface area contributed by atoms with Crippen LogP contribution in [0.3, 0.4) is 0 Å². The molecule has 4 amide bonds. The van der Waals surface area contributed by atoms with Gasteiger partial charge in [0.05, 0.1) is 19.1 Å². The van der Waals surface area contributed by atoms with Crippen LogP contribution < -0.4 is 10.6 Å². The first-order valence-electron chi connectivity index (χ1n) is 14.8. The molecule has 0 radical (unpaired) electrons. The molecule has 6 atom stereocenters. The Hall–Kier alpha value is -3.88. The fourth-order valence-electron chi connectivity index (χ4n) is 6.32. The number of aromatic nitrogens is 1. The topological polar surface area (TPSA) is 165 Å². The summed E-state index contributed by atoms with van der Waals surface area (Å²) in [4.78, 5) is 58.7. The second kappa shape index (κ2) is 14.8. The number of hydrogen-bond acceptors (Lipinski definition) is 8. The summed E-state index contributed by atoms with van der Waals surface area (Å²) in [7, 11) is 1.21. The van der Waals surface area contributed by atoms with E-state index in [1.165, 1.54) is 30.3 Å². The van der Waals surface area contributed by atoms with Gasteiger partial charge in [0.2, 0.25) is 17.7 Å². The van der Waals surface area contributed by atoms with Crippen molar-refractivity contribution >= 4 is 29.6 Å². The number of fused-ring (bicyclic) bond motifs is 1. The predicted octanol–water partition coefficient (Wildman–Crippen LogP) is 3.14. The lowest BCUT2D eigenvalue weighted by atomic mass is 9.70. The zero-order valence-electron chi connectivity index (χ0n) is 25.2. The first-order valence-corrected chi connectivity index (χ1v) is 14.8. The van der Waals surface area contributed by atoms with Crippen LogP contribution in [0.5, 0.6) is 5.75 Å². The van der Waals surface area contributed by atoms with Gasteiger partial charge in [-0.05, 0) is 48.6 Å². The van der Waals surface area contributed by atoms with Crippen molar-refractivity contribution < 1.29 is 29.0 Å². The van der Waals surface area contributed by atoms with Crippen molar-refractivity contribution in [2.45, 2.75) is 71.9 Å². The van der Waals surface area contributed by atoms with Crippen LogP contribution in [-0.4, -0.2) is 82.5 Å². The molecule has 12 heteroatoms. The summed E-state index contributed by atoms with van der Waals surface area (Å²) < 4.78 is 4.57. The SMILES string of the molecule is CC(C)C.CC[C@H]1CCCC2C1CN(C(=O)CNC(=O)OC)[C@@H]2C(=O)N1CC(C(=O)Nc2ncccc2O)CC1C#N. The molecule has 2 aliphatic heterocycles. The highest BCUT2D eigenvalue weighted by Gasteiger charge is 2.53. The number of anilines is 1. The van der Waals surface area contributed by atoms with E-state index >= 15 is 0 Å². The molecule has 0 spiro atoms. The van der Waals surface area contributed by atoms with Gasteiger partial charge in [0, 0.05) is 19.3 Å². The molecule has 0 bridgehead atoms. The summed E-state index contributed by atoms with van der Waals surface area (Å²) in [6.45, 7) is 8.74. The monoisotopic (exact) mass is 584 g/mol. The van der Waals surface area contributed by atoms with E-state index in [2.05, 4.69) is 54.1 Å². The van der Waals surface area contributed by atoms with Crippen molar-refractivity contribution in [2.75, 3.05) is 32.1 Å². The molecule has 3 heterocycles. The number of methoxy groups -OCH3 is 1. The molecule has 4 unspecified atom stereocenters. The first kappa shape index (κ1) is 32.6. The zero-order chi connectivity index (χ0) is 31.0. The molecule has 1 aromatic heterocycles. The molecule has 3 fully saturated rings. The Morgan fingerprint density at radius 1 is 1.17 bits per heavy atom. The average molecular weight is 585 g/mol. The number of pyridine rings is 1. The van der Waals surface area contributed by atoms with E-state index in [1.54, 1.807) is 4.90 Å². The quantitative estimate of drug-likeness (QED) is 0.459. The summed E-state index contributed by atoms with van der Waals surface area (Å²) in [6, 6.07) is 3.48. The molecule has 1 aliphatic carbocycles. The summed E-state index contributed by atoms with van der Waals surface area (Å²) in [5.41, 5.74) is 0. The minimum absolute atomic E-state index is 0.0112. The molecule has 0 aromatic carbocycles. The Balaban J connectivity index is 0.00000114. The number of likely N-dealkylation sites (tertiary alicyclic amines) is 2. The molecule has 3 N–H and O–H groups in total. The lowest BCUT2D eigenvalue weighted by Crippen LogP contribution is -2.53. The summed E-state index contributed by atoms with van der Waals surface area (Å²) in [5.74, 6) is -0.714. The number of rotatable bonds is 6. The van der Waals surface area contributed by atoms with Crippen molar-refractivity contribution in [3.8, 4) is 11.8 Å². The summed E-state index contributed by atoms with van der Waals surface area (Å²) in [5, 5.41) is 24.8. The molecule has 3 aliphatic rings. The molecule has 42 heavy (non-hydrogen) atoms. The van der Waals surface area contributed by atoms with E-state index in [1.807, 2.05) is 0 Å². The number of nitrogens with zero attached hydrogens (tertiary/aromatic N) is 4. The van der Waals surface area contributed by atoms with Gasteiger partial charge in [-0.2, -0.15) is 5.26 Å². The summed E-state index contributed by atoms with van der Waals surface area (Å²) >= 11 is 0. The fraction of sp³-hybridized carbons (Fsp3) is 0.667. The smallest absolute Gasteiger partial charge is 0.407 e. The molecule has 12 nitrogen and oxygen atoms in total. The Labute approximate surface area is 247 Å². The van der Waals surface area contributed by atoms with Crippen molar-refractivity contribution in [1.82, 2.24) is 20.1 Å². The highest BCUT2D eigenvalue weighted by molar-refractivity contribution is 5.95. The largest absolute Gasteiger partial charge is 0.504 e. The number of nitriles is 1.